The van der Waals surface area contributed by atoms with E-state index in [1.165, 1.54) is 6.33 Å². The maximum absolute atomic E-state index is 4.14. The van der Waals surface area contributed by atoms with Crippen molar-refractivity contribution in [1.29, 1.82) is 0 Å². The zero-order valence-corrected chi connectivity index (χ0v) is 10.7. The first-order valence-electron chi connectivity index (χ1n) is 5.54. The molecule has 1 N–H and O–H groups in total. The molecule has 2 aromatic heterocycles. The summed E-state index contributed by atoms with van der Waals surface area (Å²) in [5.41, 5.74) is 0.917. The van der Waals surface area contributed by atoms with Crippen molar-refractivity contribution >= 4 is 11.3 Å². The van der Waals surface area contributed by atoms with Gasteiger partial charge in [-0.2, -0.15) is 0 Å². The predicted molar refractivity (Wildman–Crippen MR) is 67.5 cm³/mol. The lowest BCUT2D eigenvalue weighted by Gasteiger charge is -2.03. The van der Waals surface area contributed by atoms with Crippen LogP contribution in [0.1, 0.15) is 18.9 Å². The highest BCUT2D eigenvalue weighted by Crippen LogP contribution is 2.21. The van der Waals surface area contributed by atoms with Gasteiger partial charge in [0.05, 0.1) is 0 Å². The monoisotopic (exact) mass is 249 g/mol. The van der Waals surface area contributed by atoms with Crippen LogP contribution in [0, 0.1) is 5.92 Å². The molecule has 0 atom stereocenters. The molecule has 0 spiro atoms. The van der Waals surface area contributed by atoms with Crippen LogP contribution in [0.4, 0.5) is 0 Å². The van der Waals surface area contributed by atoms with Crippen molar-refractivity contribution in [3.8, 4) is 10.6 Å². The molecule has 90 valence electrons. The average Bonchev–Trinajstić information content (AvgIpc) is 2.78. The van der Waals surface area contributed by atoms with Crippen LogP contribution in [0.5, 0.6) is 0 Å². The van der Waals surface area contributed by atoms with E-state index in [1.807, 2.05) is 0 Å². The molecule has 0 aliphatic rings. The fourth-order valence-corrected chi connectivity index (χ4v) is 2.10. The average molecular weight is 249 g/mol. The molecule has 5 nitrogen and oxygen atoms in total. The second kappa shape index (κ2) is 5.79. The number of nitrogens with one attached hydrogen (secondary N) is 1. The highest BCUT2D eigenvalue weighted by Gasteiger charge is 2.06. The molecule has 0 aromatic carbocycles. The van der Waals surface area contributed by atoms with E-state index in [4.69, 9.17) is 0 Å². The van der Waals surface area contributed by atoms with Crippen LogP contribution in [0.25, 0.3) is 10.6 Å². The van der Waals surface area contributed by atoms with Gasteiger partial charge < -0.3 is 5.32 Å². The second-order valence-corrected chi connectivity index (χ2v) is 5.21. The Morgan fingerprint density at radius 1 is 1.24 bits per heavy atom. The maximum atomic E-state index is 4.14. The topological polar surface area (TPSA) is 63.6 Å². The molecule has 0 bridgehead atoms. The van der Waals surface area contributed by atoms with Gasteiger partial charge in [-0.3, -0.25) is 0 Å². The number of hydrogen-bond acceptors (Lipinski definition) is 6. The van der Waals surface area contributed by atoms with Gasteiger partial charge in [0, 0.05) is 24.5 Å². The molecule has 2 heterocycles. The number of rotatable bonds is 5. The zero-order chi connectivity index (χ0) is 12.1. The van der Waals surface area contributed by atoms with Crippen LogP contribution < -0.4 is 5.32 Å². The lowest BCUT2D eigenvalue weighted by atomic mass is 10.2. The summed E-state index contributed by atoms with van der Waals surface area (Å²) in [7, 11) is 0. The SMILES string of the molecule is CC(C)CNCc1nnc(-c2cncnc2)s1. The summed E-state index contributed by atoms with van der Waals surface area (Å²) < 4.78 is 0. The molecule has 0 amide bonds. The van der Waals surface area contributed by atoms with Gasteiger partial charge >= 0.3 is 0 Å². The first-order chi connectivity index (χ1) is 8.25. The van der Waals surface area contributed by atoms with Gasteiger partial charge in [-0.15, -0.1) is 10.2 Å². The minimum absolute atomic E-state index is 0.643. The van der Waals surface area contributed by atoms with Crippen LogP contribution in [-0.4, -0.2) is 26.7 Å². The smallest absolute Gasteiger partial charge is 0.150 e. The summed E-state index contributed by atoms with van der Waals surface area (Å²) in [6, 6.07) is 0. The van der Waals surface area contributed by atoms with Crippen molar-refractivity contribution in [1.82, 2.24) is 25.5 Å². The van der Waals surface area contributed by atoms with E-state index in [2.05, 4.69) is 39.3 Å². The van der Waals surface area contributed by atoms with Gasteiger partial charge in [0.1, 0.15) is 11.3 Å². The minimum atomic E-state index is 0.643. The molecule has 0 saturated heterocycles. The lowest BCUT2D eigenvalue weighted by molar-refractivity contribution is 0.550. The standard InChI is InChI=1S/C11H15N5S/c1-8(2)3-12-6-10-15-16-11(17-10)9-4-13-7-14-5-9/h4-5,7-8,12H,3,6H2,1-2H3. The number of hydrogen-bond donors (Lipinski definition) is 1. The van der Waals surface area contributed by atoms with Gasteiger partial charge in [-0.1, -0.05) is 25.2 Å². The van der Waals surface area contributed by atoms with E-state index in [9.17, 15) is 0 Å². The molecule has 6 heteroatoms. The zero-order valence-electron chi connectivity index (χ0n) is 9.92. The first-order valence-corrected chi connectivity index (χ1v) is 6.36. The van der Waals surface area contributed by atoms with Gasteiger partial charge in [-0.05, 0) is 12.5 Å². The van der Waals surface area contributed by atoms with Crippen molar-refractivity contribution in [2.45, 2.75) is 20.4 Å². The molecular formula is C11H15N5S. The molecule has 0 aliphatic carbocycles. The van der Waals surface area contributed by atoms with Crippen LogP contribution in [-0.2, 0) is 6.54 Å². The molecule has 0 saturated carbocycles. The van der Waals surface area contributed by atoms with Crippen LogP contribution in [0.3, 0.4) is 0 Å². The van der Waals surface area contributed by atoms with Gasteiger partial charge in [0.15, 0.2) is 5.01 Å². The maximum Gasteiger partial charge on any atom is 0.150 e. The largest absolute Gasteiger partial charge is 0.310 e. The Morgan fingerprint density at radius 3 is 2.71 bits per heavy atom. The molecule has 0 fully saturated rings. The Kier molecular flexibility index (Phi) is 4.11. The van der Waals surface area contributed by atoms with Crippen molar-refractivity contribution < 1.29 is 0 Å². The predicted octanol–water partition coefficient (Wildman–Crippen LogP) is 1.74. The van der Waals surface area contributed by atoms with E-state index in [1.54, 1.807) is 23.7 Å². The highest BCUT2D eigenvalue weighted by atomic mass is 32.1. The lowest BCUT2D eigenvalue weighted by Crippen LogP contribution is -2.18. The van der Waals surface area contributed by atoms with Crippen molar-refractivity contribution in [3.05, 3.63) is 23.7 Å². The third kappa shape index (κ3) is 3.54. The first kappa shape index (κ1) is 12.1. The Bertz CT molecular complexity index is 454. The van der Waals surface area contributed by atoms with Crippen molar-refractivity contribution in [3.63, 3.8) is 0 Å². The van der Waals surface area contributed by atoms with Crippen LogP contribution in [0.2, 0.25) is 0 Å². The Balaban J connectivity index is 1.97. The Morgan fingerprint density at radius 2 is 2.00 bits per heavy atom. The fraction of sp³-hybridized carbons (Fsp3) is 0.455. The molecule has 17 heavy (non-hydrogen) atoms. The highest BCUT2D eigenvalue weighted by molar-refractivity contribution is 7.14. The van der Waals surface area contributed by atoms with E-state index in [-0.39, 0.29) is 0 Å². The van der Waals surface area contributed by atoms with Gasteiger partial charge in [0.25, 0.3) is 0 Å². The molecule has 2 aromatic rings. The minimum Gasteiger partial charge on any atom is -0.310 e. The van der Waals surface area contributed by atoms with E-state index >= 15 is 0 Å². The van der Waals surface area contributed by atoms with Gasteiger partial charge in [0.2, 0.25) is 0 Å². The fourth-order valence-electron chi connectivity index (χ4n) is 1.32. The second-order valence-electron chi connectivity index (χ2n) is 4.15. The summed E-state index contributed by atoms with van der Waals surface area (Å²) in [4.78, 5) is 7.94. The van der Waals surface area contributed by atoms with E-state index in [0.717, 1.165) is 28.7 Å². The molecule has 0 radical (unpaired) electrons. The Labute approximate surface area is 104 Å². The van der Waals surface area contributed by atoms with Gasteiger partial charge in [-0.25, -0.2) is 9.97 Å². The third-order valence-corrected chi connectivity index (χ3v) is 3.08. The van der Waals surface area contributed by atoms with Crippen LogP contribution in [0.15, 0.2) is 18.7 Å². The summed E-state index contributed by atoms with van der Waals surface area (Å²) in [6.07, 6.45) is 5.01. The summed E-state index contributed by atoms with van der Waals surface area (Å²) in [6.45, 7) is 6.12. The van der Waals surface area contributed by atoms with E-state index < -0.39 is 0 Å². The number of nitrogens with zero attached hydrogens (tertiary/aromatic N) is 4. The molecule has 0 aliphatic heterocycles. The quantitative estimate of drug-likeness (QED) is 0.874. The number of aromatic nitrogens is 4. The normalized spacial score (nSPS) is 11.0. The van der Waals surface area contributed by atoms with Crippen molar-refractivity contribution in [2.75, 3.05) is 6.54 Å². The Hall–Kier alpha value is -1.40. The summed E-state index contributed by atoms with van der Waals surface area (Å²) >= 11 is 1.57. The summed E-state index contributed by atoms with van der Waals surface area (Å²) in [5, 5.41) is 13.5. The molecule has 2 rings (SSSR count). The third-order valence-electron chi connectivity index (χ3n) is 2.10. The summed E-state index contributed by atoms with van der Waals surface area (Å²) in [5.74, 6) is 0.643. The van der Waals surface area contributed by atoms with Crippen LogP contribution >= 0.6 is 11.3 Å². The van der Waals surface area contributed by atoms with E-state index in [0.29, 0.717) is 5.92 Å². The molecular weight excluding hydrogens is 234 g/mol. The van der Waals surface area contributed by atoms with Crippen molar-refractivity contribution in [2.24, 2.45) is 5.92 Å². The molecule has 0 unspecified atom stereocenters.